The summed E-state index contributed by atoms with van der Waals surface area (Å²) in [6, 6.07) is 0.0610. The molecule has 0 fully saturated rings. The van der Waals surface area contributed by atoms with Crippen molar-refractivity contribution in [1.82, 2.24) is 0 Å². The Kier molecular flexibility index (Phi) is 5.15. The smallest absolute Gasteiger partial charge is 0.0289 e. The van der Waals surface area contributed by atoms with Gasteiger partial charge in [0.15, 0.2) is 0 Å². The lowest BCUT2D eigenvalue weighted by atomic mass is 9.83. The van der Waals surface area contributed by atoms with Gasteiger partial charge < -0.3 is 5.73 Å². The van der Waals surface area contributed by atoms with Gasteiger partial charge in [0.2, 0.25) is 0 Å². The van der Waals surface area contributed by atoms with Crippen LogP contribution in [0, 0.1) is 0 Å². The van der Waals surface area contributed by atoms with Crippen LogP contribution in [0.3, 0.4) is 0 Å². The third kappa shape index (κ3) is 3.46. The molecule has 0 saturated carbocycles. The fourth-order valence-electron chi connectivity index (χ4n) is 2.33. The van der Waals surface area contributed by atoms with Gasteiger partial charge in [0.1, 0.15) is 0 Å². The van der Waals surface area contributed by atoms with Crippen molar-refractivity contribution in [2.24, 2.45) is 5.73 Å². The maximum atomic E-state index is 6.16. The second-order valence-electron chi connectivity index (χ2n) is 5.70. The summed E-state index contributed by atoms with van der Waals surface area (Å²) in [7, 11) is 0. The van der Waals surface area contributed by atoms with E-state index in [2.05, 4.69) is 40.3 Å². The fraction of sp³-hybridized carbons (Fsp3) is 0.529. The number of hydrogen-bond donors (Lipinski definition) is 1. The van der Waals surface area contributed by atoms with Crippen LogP contribution in [0.2, 0.25) is 0 Å². The number of hydrogen-bond acceptors (Lipinski definition) is 1. The van der Waals surface area contributed by atoms with Crippen molar-refractivity contribution in [3.05, 3.63) is 46.1 Å². The average Bonchev–Trinajstić information content (AvgIpc) is 2.29. The first-order valence-electron chi connectivity index (χ1n) is 6.79. The average molecular weight is 245 g/mol. The SMILES string of the molecule is C=C(C)C(N)CC(C1=CCCC(C)=C1C)=C(C)C. The second-order valence-corrected chi connectivity index (χ2v) is 5.70. The summed E-state index contributed by atoms with van der Waals surface area (Å²) >= 11 is 0. The Balaban J connectivity index is 3.06. The Labute approximate surface area is 112 Å². The van der Waals surface area contributed by atoms with Gasteiger partial charge in [-0.15, -0.1) is 0 Å². The molecule has 0 heterocycles. The lowest BCUT2D eigenvalue weighted by Crippen LogP contribution is -2.22. The predicted molar refractivity (Wildman–Crippen MR) is 81.5 cm³/mol. The van der Waals surface area contributed by atoms with Crippen LogP contribution in [0.5, 0.6) is 0 Å². The van der Waals surface area contributed by atoms with Crippen LogP contribution < -0.4 is 5.73 Å². The summed E-state index contributed by atoms with van der Waals surface area (Å²) in [6.45, 7) is 14.8. The van der Waals surface area contributed by atoms with Crippen molar-refractivity contribution in [2.75, 3.05) is 0 Å². The largest absolute Gasteiger partial charge is 0.324 e. The Morgan fingerprint density at radius 1 is 1.33 bits per heavy atom. The zero-order valence-electron chi connectivity index (χ0n) is 12.6. The molecule has 0 aromatic rings. The summed E-state index contributed by atoms with van der Waals surface area (Å²) < 4.78 is 0. The molecule has 0 spiro atoms. The summed E-state index contributed by atoms with van der Waals surface area (Å²) in [6.07, 6.45) is 5.61. The normalized spacial score (nSPS) is 17.3. The van der Waals surface area contributed by atoms with Crippen LogP contribution in [0.1, 0.15) is 53.9 Å². The molecule has 18 heavy (non-hydrogen) atoms. The fourth-order valence-corrected chi connectivity index (χ4v) is 2.33. The first-order valence-corrected chi connectivity index (χ1v) is 6.79. The van der Waals surface area contributed by atoms with Crippen molar-refractivity contribution in [3.63, 3.8) is 0 Å². The van der Waals surface area contributed by atoms with Gasteiger partial charge in [-0.1, -0.05) is 29.4 Å². The van der Waals surface area contributed by atoms with E-state index in [1.54, 1.807) is 0 Å². The number of allylic oxidation sites excluding steroid dienone is 5. The minimum atomic E-state index is 0.0610. The van der Waals surface area contributed by atoms with Gasteiger partial charge in [-0.25, -0.2) is 0 Å². The van der Waals surface area contributed by atoms with Crippen molar-refractivity contribution in [2.45, 2.75) is 59.9 Å². The lowest BCUT2D eigenvalue weighted by molar-refractivity contribution is 0.753. The lowest BCUT2D eigenvalue weighted by Gasteiger charge is -2.23. The molecular formula is C17H27N. The molecule has 1 nitrogen and oxygen atoms in total. The highest BCUT2D eigenvalue weighted by atomic mass is 14.6. The molecule has 0 saturated heterocycles. The van der Waals surface area contributed by atoms with Gasteiger partial charge in [-0.2, -0.15) is 0 Å². The van der Waals surface area contributed by atoms with E-state index in [1.807, 2.05) is 6.92 Å². The van der Waals surface area contributed by atoms with E-state index in [-0.39, 0.29) is 6.04 Å². The Bertz CT molecular complexity index is 429. The molecule has 0 radical (unpaired) electrons. The van der Waals surface area contributed by atoms with Crippen LogP contribution in [0.15, 0.2) is 46.1 Å². The molecule has 0 amide bonds. The predicted octanol–water partition coefficient (Wildman–Crippen LogP) is 4.67. The van der Waals surface area contributed by atoms with Gasteiger partial charge in [0.05, 0.1) is 0 Å². The molecule has 1 aliphatic rings. The first-order chi connectivity index (χ1) is 8.34. The van der Waals surface area contributed by atoms with Gasteiger partial charge in [0.25, 0.3) is 0 Å². The van der Waals surface area contributed by atoms with Gasteiger partial charge >= 0.3 is 0 Å². The zero-order valence-corrected chi connectivity index (χ0v) is 12.6. The molecule has 1 aliphatic carbocycles. The molecule has 0 aromatic carbocycles. The molecule has 100 valence electrons. The van der Waals surface area contributed by atoms with Gasteiger partial charge in [0, 0.05) is 6.04 Å². The molecular weight excluding hydrogens is 218 g/mol. The molecule has 2 N–H and O–H groups in total. The second kappa shape index (κ2) is 6.19. The topological polar surface area (TPSA) is 26.0 Å². The zero-order chi connectivity index (χ0) is 13.9. The summed E-state index contributed by atoms with van der Waals surface area (Å²) in [5.41, 5.74) is 14.4. The Morgan fingerprint density at radius 2 is 1.94 bits per heavy atom. The highest BCUT2D eigenvalue weighted by Gasteiger charge is 2.17. The Hall–Kier alpha value is -1.08. The molecule has 1 rings (SSSR count). The van der Waals surface area contributed by atoms with E-state index in [1.165, 1.54) is 34.3 Å². The van der Waals surface area contributed by atoms with Crippen LogP contribution in [-0.2, 0) is 0 Å². The van der Waals surface area contributed by atoms with Crippen molar-refractivity contribution in [3.8, 4) is 0 Å². The van der Waals surface area contributed by atoms with Crippen LogP contribution in [-0.4, -0.2) is 6.04 Å². The molecule has 1 unspecified atom stereocenters. The Morgan fingerprint density at radius 3 is 2.44 bits per heavy atom. The number of nitrogens with two attached hydrogens (primary N) is 1. The van der Waals surface area contributed by atoms with Crippen LogP contribution in [0.25, 0.3) is 0 Å². The summed E-state index contributed by atoms with van der Waals surface area (Å²) in [5.74, 6) is 0. The molecule has 0 aliphatic heterocycles. The minimum Gasteiger partial charge on any atom is -0.324 e. The van der Waals surface area contributed by atoms with E-state index >= 15 is 0 Å². The molecule has 1 atom stereocenters. The van der Waals surface area contributed by atoms with Crippen LogP contribution in [0.4, 0.5) is 0 Å². The molecule has 0 bridgehead atoms. The highest BCUT2D eigenvalue weighted by molar-refractivity contribution is 5.51. The minimum absolute atomic E-state index is 0.0610. The quantitative estimate of drug-likeness (QED) is 0.715. The van der Waals surface area contributed by atoms with E-state index in [9.17, 15) is 0 Å². The van der Waals surface area contributed by atoms with Crippen molar-refractivity contribution in [1.29, 1.82) is 0 Å². The highest BCUT2D eigenvalue weighted by Crippen LogP contribution is 2.33. The standard InChI is InChI=1S/C17H27N/c1-11(2)16(10-17(18)12(3)4)15-9-7-8-13(5)14(15)6/h9,17H,3,7-8,10,18H2,1-2,4-6H3. The van der Waals surface area contributed by atoms with Crippen LogP contribution >= 0.6 is 0 Å². The van der Waals surface area contributed by atoms with Crippen molar-refractivity contribution >= 4 is 0 Å². The number of rotatable bonds is 4. The summed E-state index contributed by atoms with van der Waals surface area (Å²) in [4.78, 5) is 0. The first kappa shape index (κ1) is 15.0. The molecule has 1 heteroatoms. The van der Waals surface area contributed by atoms with E-state index < -0.39 is 0 Å². The van der Waals surface area contributed by atoms with E-state index in [0.717, 1.165) is 18.4 Å². The monoisotopic (exact) mass is 245 g/mol. The summed E-state index contributed by atoms with van der Waals surface area (Å²) in [5, 5.41) is 0. The third-order valence-corrected chi connectivity index (χ3v) is 3.90. The maximum Gasteiger partial charge on any atom is 0.0289 e. The van der Waals surface area contributed by atoms with E-state index in [4.69, 9.17) is 5.73 Å². The van der Waals surface area contributed by atoms with Gasteiger partial charge in [-0.05, 0) is 70.6 Å². The maximum absolute atomic E-state index is 6.16. The van der Waals surface area contributed by atoms with Gasteiger partial charge in [-0.3, -0.25) is 0 Å². The molecule has 0 aromatic heterocycles. The van der Waals surface area contributed by atoms with Crippen molar-refractivity contribution < 1.29 is 0 Å². The van der Waals surface area contributed by atoms with E-state index in [0.29, 0.717) is 0 Å². The third-order valence-electron chi connectivity index (χ3n) is 3.90.